The van der Waals surface area contributed by atoms with Crippen LogP contribution in [-0.4, -0.2) is 37.0 Å². The van der Waals surface area contributed by atoms with Crippen molar-refractivity contribution in [1.29, 1.82) is 0 Å². The van der Waals surface area contributed by atoms with Gasteiger partial charge >= 0.3 is 0 Å². The maximum Gasteiger partial charge on any atom is 0.163 e. The van der Waals surface area contributed by atoms with E-state index in [1.807, 2.05) is 45.0 Å². The first kappa shape index (κ1) is 22.6. The second kappa shape index (κ2) is 9.68. The minimum atomic E-state index is -0.789. The monoisotopic (exact) mass is 390 g/mol. The molecule has 5 heteroatoms. The fourth-order valence-corrected chi connectivity index (χ4v) is 3.23. The number of carbonyl (C=O) groups is 1. The molecular formula is C23H34O5. The Hall–Kier alpha value is -1.69. The molecule has 5 nitrogen and oxygen atoms in total. The third-order valence-electron chi connectivity index (χ3n) is 5.01. The van der Waals surface area contributed by atoms with E-state index in [9.17, 15) is 4.79 Å². The third kappa shape index (κ3) is 7.04. The molecule has 1 saturated heterocycles. The Morgan fingerprint density at radius 3 is 2.39 bits per heavy atom. The summed E-state index contributed by atoms with van der Waals surface area (Å²) in [5, 5.41) is 0. The van der Waals surface area contributed by atoms with Crippen LogP contribution in [0.15, 0.2) is 36.4 Å². The van der Waals surface area contributed by atoms with Crippen molar-refractivity contribution in [3.05, 3.63) is 42.0 Å². The summed E-state index contributed by atoms with van der Waals surface area (Å²) >= 11 is 0. The average molecular weight is 391 g/mol. The van der Waals surface area contributed by atoms with Gasteiger partial charge in [-0.2, -0.15) is 0 Å². The lowest BCUT2D eigenvalue weighted by atomic mass is 9.99. The van der Waals surface area contributed by atoms with Gasteiger partial charge in [0.05, 0.1) is 25.9 Å². The molecule has 0 aliphatic carbocycles. The first-order chi connectivity index (χ1) is 13.2. The largest absolute Gasteiger partial charge is 0.497 e. The van der Waals surface area contributed by atoms with Crippen LogP contribution in [0, 0.1) is 0 Å². The van der Waals surface area contributed by atoms with E-state index in [0.717, 1.165) is 36.9 Å². The van der Waals surface area contributed by atoms with Crippen LogP contribution < -0.4 is 4.74 Å². The molecule has 2 atom stereocenters. The van der Waals surface area contributed by atoms with Gasteiger partial charge in [-0.15, -0.1) is 0 Å². The van der Waals surface area contributed by atoms with E-state index in [4.69, 9.17) is 18.9 Å². The minimum Gasteiger partial charge on any atom is -0.497 e. The lowest BCUT2D eigenvalue weighted by Crippen LogP contribution is -2.30. The first-order valence-corrected chi connectivity index (χ1v) is 9.92. The van der Waals surface area contributed by atoms with Crippen molar-refractivity contribution in [1.82, 2.24) is 0 Å². The Morgan fingerprint density at radius 1 is 1.14 bits per heavy atom. The number of carbonyl (C=O) groups excluding carboxylic acids is 1. The van der Waals surface area contributed by atoms with Crippen LogP contribution in [0.4, 0.5) is 0 Å². The molecule has 0 spiro atoms. The molecule has 1 fully saturated rings. The summed E-state index contributed by atoms with van der Waals surface area (Å²) in [7, 11) is 1.64. The van der Waals surface area contributed by atoms with Gasteiger partial charge in [0.25, 0.3) is 0 Å². The zero-order valence-electron chi connectivity index (χ0n) is 17.8. The topological polar surface area (TPSA) is 54.0 Å². The standard InChI is InChI=1S/C23H34O5/c1-21(2)27-18-23(4,28-21)15-9-7-6-8-14-22(3,17-24)26-16-19-10-12-20(25-5)13-11-19/h6-7,10-13,17H,8-9,14-16,18H2,1-5H3/b7-6+/t22-,23-/m0/s1. The second-order valence-corrected chi connectivity index (χ2v) is 8.36. The third-order valence-corrected chi connectivity index (χ3v) is 5.01. The van der Waals surface area contributed by atoms with Crippen LogP contribution in [0.2, 0.25) is 0 Å². The van der Waals surface area contributed by atoms with E-state index in [1.54, 1.807) is 7.11 Å². The highest BCUT2D eigenvalue weighted by atomic mass is 16.8. The quantitative estimate of drug-likeness (QED) is 0.400. The van der Waals surface area contributed by atoms with Gasteiger partial charge in [-0.3, -0.25) is 0 Å². The van der Waals surface area contributed by atoms with Gasteiger partial charge in [-0.05, 0) is 71.1 Å². The number of ether oxygens (including phenoxy) is 4. The fraction of sp³-hybridized carbons (Fsp3) is 0.609. The molecular weight excluding hydrogens is 356 g/mol. The molecule has 0 amide bonds. The van der Waals surface area contributed by atoms with Crippen LogP contribution in [-0.2, 0) is 25.6 Å². The molecule has 1 aliphatic heterocycles. The normalized spacial score (nSPS) is 23.6. The van der Waals surface area contributed by atoms with Crippen LogP contribution in [0.3, 0.4) is 0 Å². The molecule has 0 bridgehead atoms. The Morgan fingerprint density at radius 2 is 1.82 bits per heavy atom. The molecule has 0 N–H and O–H groups in total. The summed E-state index contributed by atoms with van der Waals surface area (Å²) in [5.74, 6) is 0.310. The number of hydrogen-bond donors (Lipinski definition) is 0. The minimum absolute atomic E-state index is 0.230. The summed E-state index contributed by atoms with van der Waals surface area (Å²) in [6.07, 6.45) is 8.42. The summed E-state index contributed by atoms with van der Waals surface area (Å²) in [6.45, 7) is 8.83. The first-order valence-electron chi connectivity index (χ1n) is 9.92. The zero-order valence-corrected chi connectivity index (χ0v) is 17.8. The summed E-state index contributed by atoms with van der Waals surface area (Å²) in [4.78, 5) is 11.5. The van der Waals surface area contributed by atoms with Gasteiger partial charge in [0.1, 0.15) is 11.4 Å². The molecule has 2 rings (SSSR count). The van der Waals surface area contributed by atoms with Crippen molar-refractivity contribution in [2.75, 3.05) is 13.7 Å². The Bertz CT molecular complexity index is 651. The highest BCUT2D eigenvalue weighted by Gasteiger charge is 2.41. The maximum absolute atomic E-state index is 11.5. The van der Waals surface area contributed by atoms with Crippen molar-refractivity contribution >= 4 is 6.29 Å². The number of rotatable bonds is 11. The van der Waals surface area contributed by atoms with Crippen LogP contribution >= 0.6 is 0 Å². The maximum atomic E-state index is 11.5. The molecule has 156 valence electrons. The SMILES string of the molecule is COc1ccc(CO[C@](C)(C=O)CC/C=C/CC[C@@]2(C)COC(C)(C)O2)cc1. The highest BCUT2D eigenvalue weighted by molar-refractivity contribution is 5.61. The van der Waals surface area contributed by atoms with E-state index in [0.29, 0.717) is 19.6 Å². The molecule has 1 aromatic rings. The Labute approximate surface area is 169 Å². The average Bonchev–Trinajstić information content (AvgIpc) is 2.96. The van der Waals surface area contributed by atoms with Gasteiger partial charge in [-0.25, -0.2) is 0 Å². The summed E-state index contributed by atoms with van der Waals surface area (Å²) in [6, 6.07) is 7.67. The highest BCUT2D eigenvalue weighted by Crippen LogP contribution is 2.33. The molecule has 0 saturated carbocycles. The van der Waals surface area contributed by atoms with Gasteiger partial charge in [0, 0.05) is 0 Å². The molecule has 1 aromatic carbocycles. The predicted molar refractivity (Wildman–Crippen MR) is 109 cm³/mol. The summed E-state index contributed by atoms with van der Waals surface area (Å²) < 4.78 is 22.7. The number of methoxy groups -OCH3 is 1. The number of hydrogen-bond acceptors (Lipinski definition) is 5. The van der Waals surface area contributed by atoms with E-state index in [-0.39, 0.29) is 5.60 Å². The van der Waals surface area contributed by atoms with Gasteiger partial charge in [0.15, 0.2) is 12.1 Å². The van der Waals surface area contributed by atoms with E-state index in [2.05, 4.69) is 19.1 Å². The smallest absolute Gasteiger partial charge is 0.163 e. The Balaban J connectivity index is 1.71. The van der Waals surface area contributed by atoms with Crippen molar-refractivity contribution in [3.63, 3.8) is 0 Å². The van der Waals surface area contributed by atoms with Gasteiger partial charge < -0.3 is 23.7 Å². The number of allylic oxidation sites excluding steroid dienone is 2. The van der Waals surface area contributed by atoms with Crippen LogP contribution in [0.25, 0.3) is 0 Å². The summed E-state index contributed by atoms with van der Waals surface area (Å²) in [5.41, 5.74) is -0.00525. The van der Waals surface area contributed by atoms with E-state index < -0.39 is 11.4 Å². The zero-order chi connectivity index (χ0) is 20.7. The molecule has 1 aliphatic rings. The van der Waals surface area contributed by atoms with Gasteiger partial charge in [0.2, 0.25) is 0 Å². The lowest BCUT2D eigenvalue weighted by Gasteiger charge is -2.24. The predicted octanol–water partition coefficient (Wildman–Crippen LogP) is 4.83. The van der Waals surface area contributed by atoms with Gasteiger partial charge in [-0.1, -0.05) is 24.3 Å². The molecule has 0 unspecified atom stereocenters. The number of benzene rings is 1. The molecule has 0 radical (unpaired) electrons. The molecule has 1 heterocycles. The molecule has 28 heavy (non-hydrogen) atoms. The lowest BCUT2D eigenvalue weighted by molar-refractivity contribution is -0.158. The van der Waals surface area contributed by atoms with E-state index in [1.165, 1.54) is 0 Å². The van der Waals surface area contributed by atoms with Crippen molar-refractivity contribution in [2.24, 2.45) is 0 Å². The van der Waals surface area contributed by atoms with E-state index >= 15 is 0 Å². The van der Waals surface area contributed by atoms with Crippen LogP contribution in [0.1, 0.15) is 58.9 Å². The van der Waals surface area contributed by atoms with Crippen molar-refractivity contribution < 1.29 is 23.7 Å². The van der Waals surface area contributed by atoms with Crippen LogP contribution in [0.5, 0.6) is 5.75 Å². The number of aldehydes is 1. The fourth-order valence-electron chi connectivity index (χ4n) is 3.23. The molecule has 0 aromatic heterocycles. The van der Waals surface area contributed by atoms with Crippen molar-refractivity contribution in [2.45, 2.75) is 77.0 Å². The van der Waals surface area contributed by atoms with Crippen molar-refractivity contribution in [3.8, 4) is 5.75 Å². The Kier molecular flexibility index (Phi) is 7.81. The second-order valence-electron chi connectivity index (χ2n) is 8.36.